The molecule has 2 saturated heterocycles. The van der Waals surface area contributed by atoms with Crippen LogP contribution < -0.4 is 11.5 Å². The fourth-order valence-corrected chi connectivity index (χ4v) is 8.17. The summed E-state index contributed by atoms with van der Waals surface area (Å²) in [5.74, 6) is -0.810. The fraction of sp³-hybridized carbons (Fsp3) is 0.238. The van der Waals surface area contributed by atoms with Crippen molar-refractivity contribution in [3.63, 3.8) is 0 Å². The second kappa shape index (κ2) is 18.1. The van der Waals surface area contributed by atoms with Crippen LogP contribution >= 0.6 is 11.8 Å². The first-order valence-corrected chi connectivity index (χ1v) is 19.5. The van der Waals surface area contributed by atoms with Gasteiger partial charge in [-0.05, 0) is 70.8 Å². The lowest BCUT2D eigenvalue weighted by Gasteiger charge is -2.33. The number of anilines is 2. The zero-order chi connectivity index (χ0) is 42.4. The van der Waals surface area contributed by atoms with E-state index in [-0.39, 0.29) is 55.9 Å². The SMILES string of the molecule is CC(=O)N1CCN(C(=O)C=Cc2ccc(Sc3ccc(C=CC(=O)N4CCN(C(C)=O)CC4)c(-c4cccc(N)c4)c3[N+](=O)[O-])c([N+](=O)[O-])c2-c2cccc(N)c2)CC1. The number of carbonyl (C=O) groups excluding carboxylic acids is 4. The van der Waals surface area contributed by atoms with Gasteiger partial charge in [0.2, 0.25) is 23.6 Å². The highest BCUT2D eigenvalue weighted by atomic mass is 32.2. The highest BCUT2D eigenvalue weighted by Gasteiger charge is 2.30. The van der Waals surface area contributed by atoms with E-state index in [0.717, 1.165) is 11.8 Å². The number of nitrogens with two attached hydrogens (primary N) is 2. The Balaban J connectivity index is 1.41. The zero-order valence-electron chi connectivity index (χ0n) is 32.4. The van der Waals surface area contributed by atoms with Gasteiger partial charge in [-0.2, -0.15) is 0 Å². The summed E-state index contributed by atoms with van der Waals surface area (Å²) >= 11 is 0.831. The van der Waals surface area contributed by atoms with E-state index >= 15 is 0 Å². The molecule has 0 aromatic heterocycles. The van der Waals surface area contributed by atoms with Gasteiger partial charge in [-0.25, -0.2) is 0 Å². The molecule has 2 fully saturated rings. The topological polar surface area (TPSA) is 220 Å². The number of nitro benzene ring substituents is 2. The lowest BCUT2D eigenvalue weighted by molar-refractivity contribution is -0.387. The van der Waals surface area contributed by atoms with Gasteiger partial charge in [-0.15, -0.1) is 0 Å². The van der Waals surface area contributed by atoms with E-state index < -0.39 is 9.85 Å². The van der Waals surface area contributed by atoms with E-state index in [2.05, 4.69) is 0 Å². The molecule has 0 spiro atoms. The van der Waals surface area contributed by atoms with Crippen molar-refractivity contribution in [1.29, 1.82) is 0 Å². The number of carbonyl (C=O) groups is 4. The normalized spacial score (nSPS) is 14.5. The van der Waals surface area contributed by atoms with Crippen LogP contribution in [0.5, 0.6) is 0 Å². The van der Waals surface area contributed by atoms with Crippen LogP contribution in [0.4, 0.5) is 22.7 Å². The maximum absolute atomic E-state index is 13.2. The first kappa shape index (κ1) is 41.6. The number of rotatable bonds is 10. The molecule has 0 unspecified atom stereocenters. The van der Waals surface area contributed by atoms with Gasteiger partial charge < -0.3 is 31.1 Å². The minimum atomic E-state index is -0.565. The van der Waals surface area contributed by atoms with Crippen LogP contribution in [0, 0.1) is 20.2 Å². The molecule has 0 radical (unpaired) electrons. The molecule has 4 amide bonds. The van der Waals surface area contributed by atoms with E-state index in [0.29, 0.717) is 86.0 Å². The van der Waals surface area contributed by atoms with Crippen LogP contribution in [-0.4, -0.2) is 105 Å². The molecule has 0 saturated carbocycles. The lowest BCUT2D eigenvalue weighted by atomic mass is 9.96. The minimum Gasteiger partial charge on any atom is -0.399 e. The average molecular weight is 819 g/mol. The molecule has 4 aromatic rings. The minimum absolute atomic E-state index is 0.0755. The molecule has 304 valence electrons. The van der Waals surface area contributed by atoms with E-state index in [1.165, 1.54) is 50.3 Å². The number of nitro groups is 2. The van der Waals surface area contributed by atoms with Gasteiger partial charge in [0.15, 0.2) is 0 Å². The van der Waals surface area contributed by atoms with Gasteiger partial charge >= 0.3 is 0 Å². The smallest absolute Gasteiger partial charge is 0.291 e. The molecular weight excluding hydrogens is 777 g/mol. The van der Waals surface area contributed by atoms with Crippen molar-refractivity contribution in [3.8, 4) is 22.3 Å². The molecule has 0 bridgehead atoms. The Bertz CT molecular complexity index is 2240. The second-order valence-corrected chi connectivity index (χ2v) is 15.0. The zero-order valence-corrected chi connectivity index (χ0v) is 33.2. The largest absolute Gasteiger partial charge is 0.399 e. The highest BCUT2D eigenvalue weighted by molar-refractivity contribution is 7.99. The van der Waals surface area contributed by atoms with Gasteiger partial charge in [0.25, 0.3) is 11.4 Å². The van der Waals surface area contributed by atoms with Crippen LogP contribution in [0.25, 0.3) is 34.4 Å². The molecular formula is C42H42N8O8S. The quantitative estimate of drug-likeness (QED) is 0.0873. The molecule has 16 nitrogen and oxygen atoms in total. The second-order valence-electron chi connectivity index (χ2n) is 13.9. The van der Waals surface area contributed by atoms with Crippen molar-refractivity contribution in [2.45, 2.75) is 23.6 Å². The van der Waals surface area contributed by atoms with Gasteiger partial charge in [0.05, 0.1) is 30.8 Å². The summed E-state index contributed by atoms with van der Waals surface area (Å²) in [5.41, 5.74) is 14.0. The Labute approximate surface area is 344 Å². The van der Waals surface area contributed by atoms with Gasteiger partial charge in [-0.3, -0.25) is 39.4 Å². The van der Waals surface area contributed by atoms with Crippen molar-refractivity contribution in [1.82, 2.24) is 19.6 Å². The third-order valence-electron chi connectivity index (χ3n) is 10.2. The standard InChI is InChI=1S/C42H42N8O8S/c1-27(51)45-17-21-47(22-18-45)37(53)15-11-29-9-13-35(41(49(55)56)39(29)31-5-3-7-33(43)25-31)59-36-14-10-30(12-16-38(54)48-23-19-46(20-24-48)28(2)52)40(42(36)50(57)58)32-6-4-8-34(44)26-32/h3-16,25-26H,17-24,43-44H2,1-2H3. The number of nitrogen functional groups attached to an aromatic ring is 2. The summed E-state index contributed by atoms with van der Waals surface area (Å²) < 4.78 is 0. The Morgan fingerprint density at radius 3 is 1.25 bits per heavy atom. The monoisotopic (exact) mass is 818 g/mol. The molecule has 2 aliphatic heterocycles. The molecule has 6 rings (SSSR count). The Morgan fingerprint density at radius 2 is 0.932 bits per heavy atom. The third-order valence-corrected chi connectivity index (χ3v) is 11.3. The van der Waals surface area contributed by atoms with Gasteiger partial charge in [0, 0.05) is 89.7 Å². The van der Waals surface area contributed by atoms with Crippen LogP contribution in [0.1, 0.15) is 25.0 Å². The summed E-state index contributed by atoms with van der Waals surface area (Å²) in [6.07, 6.45) is 5.64. The molecule has 0 atom stereocenters. The summed E-state index contributed by atoms with van der Waals surface area (Å²) in [5, 5.41) is 26.1. The van der Waals surface area contributed by atoms with Gasteiger partial charge in [0.1, 0.15) is 0 Å². The lowest BCUT2D eigenvalue weighted by Crippen LogP contribution is -2.49. The summed E-state index contributed by atoms with van der Waals surface area (Å²) in [7, 11) is 0. The number of hydrogen-bond donors (Lipinski definition) is 2. The Kier molecular flexibility index (Phi) is 12.7. The fourth-order valence-electron chi connectivity index (χ4n) is 7.11. The van der Waals surface area contributed by atoms with Crippen molar-refractivity contribution in [2.75, 3.05) is 63.8 Å². The highest BCUT2D eigenvalue weighted by Crippen LogP contribution is 2.48. The molecule has 0 aliphatic carbocycles. The van der Waals surface area contributed by atoms with Crippen molar-refractivity contribution >= 4 is 70.3 Å². The first-order valence-electron chi connectivity index (χ1n) is 18.7. The van der Waals surface area contributed by atoms with Crippen molar-refractivity contribution in [3.05, 3.63) is 116 Å². The maximum Gasteiger partial charge on any atom is 0.291 e. The Hall–Kier alpha value is -7.01. The van der Waals surface area contributed by atoms with E-state index in [1.54, 1.807) is 80.3 Å². The number of benzene rings is 4. The molecule has 4 aromatic carbocycles. The van der Waals surface area contributed by atoms with E-state index in [1.807, 2.05) is 0 Å². The van der Waals surface area contributed by atoms with Crippen molar-refractivity contribution in [2.24, 2.45) is 0 Å². The average Bonchev–Trinajstić information content (AvgIpc) is 3.21. The Morgan fingerprint density at radius 1 is 0.576 bits per heavy atom. The summed E-state index contributed by atoms with van der Waals surface area (Å²) in [4.78, 5) is 81.7. The van der Waals surface area contributed by atoms with Crippen LogP contribution in [0.15, 0.2) is 94.7 Å². The van der Waals surface area contributed by atoms with Crippen LogP contribution in [0.2, 0.25) is 0 Å². The summed E-state index contributed by atoms with van der Waals surface area (Å²) in [6, 6.07) is 19.2. The molecule has 2 heterocycles. The number of amides is 4. The molecule has 4 N–H and O–H groups in total. The van der Waals surface area contributed by atoms with Crippen molar-refractivity contribution < 1.29 is 29.0 Å². The predicted molar refractivity (Wildman–Crippen MR) is 226 cm³/mol. The summed E-state index contributed by atoms with van der Waals surface area (Å²) in [6.45, 7) is 5.85. The third kappa shape index (κ3) is 9.59. The maximum atomic E-state index is 13.2. The molecule has 2 aliphatic rings. The first-order chi connectivity index (χ1) is 28.2. The molecule has 59 heavy (non-hydrogen) atoms. The number of nitrogens with zero attached hydrogens (tertiary/aromatic N) is 6. The van der Waals surface area contributed by atoms with Gasteiger partial charge in [-0.1, -0.05) is 48.2 Å². The number of hydrogen-bond acceptors (Lipinski definition) is 11. The van der Waals surface area contributed by atoms with E-state index in [4.69, 9.17) is 11.5 Å². The van der Waals surface area contributed by atoms with E-state index in [9.17, 15) is 39.4 Å². The van der Waals surface area contributed by atoms with Crippen LogP contribution in [-0.2, 0) is 19.2 Å². The molecule has 17 heteroatoms. The van der Waals surface area contributed by atoms with Crippen LogP contribution in [0.3, 0.4) is 0 Å². The number of piperazine rings is 2. The predicted octanol–water partition coefficient (Wildman–Crippen LogP) is 5.56.